The van der Waals surface area contributed by atoms with E-state index in [0.29, 0.717) is 19.5 Å². The van der Waals surface area contributed by atoms with Gasteiger partial charge in [-0.15, -0.1) is 0 Å². The van der Waals surface area contributed by atoms with Gasteiger partial charge >= 0.3 is 0 Å². The highest BCUT2D eigenvalue weighted by molar-refractivity contribution is 5.78. The fourth-order valence-electron chi connectivity index (χ4n) is 1.74. The maximum Gasteiger partial charge on any atom is 0.223 e. The highest BCUT2D eigenvalue weighted by Crippen LogP contribution is 2.18. The third kappa shape index (κ3) is 2.30. The van der Waals surface area contributed by atoms with Crippen LogP contribution in [0.5, 0.6) is 0 Å². The van der Waals surface area contributed by atoms with Crippen LogP contribution in [0.25, 0.3) is 0 Å². The maximum absolute atomic E-state index is 11.5. The molecule has 15 heavy (non-hydrogen) atoms. The largest absolute Gasteiger partial charge is 0.396 e. The van der Waals surface area contributed by atoms with Crippen molar-refractivity contribution >= 4 is 5.91 Å². The average Bonchev–Trinajstić information content (AvgIpc) is 2.61. The van der Waals surface area contributed by atoms with E-state index in [4.69, 9.17) is 5.11 Å². The van der Waals surface area contributed by atoms with Gasteiger partial charge in [0.1, 0.15) is 0 Å². The first-order chi connectivity index (χ1) is 7.29. The number of aliphatic hydroxyl groups is 1. The zero-order valence-corrected chi connectivity index (χ0v) is 8.33. The Labute approximate surface area is 87.8 Å². The molecule has 1 aliphatic rings. The first-order valence-corrected chi connectivity index (χ1v) is 4.93. The van der Waals surface area contributed by atoms with Crippen LogP contribution >= 0.6 is 0 Å². The zero-order valence-electron chi connectivity index (χ0n) is 8.33. The minimum Gasteiger partial charge on any atom is -0.396 e. The number of carbonyl (C=O) groups excluding carboxylic acids is 1. The predicted octanol–water partition coefficient (Wildman–Crippen LogP) is -0.183. The van der Waals surface area contributed by atoms with E-state index in [2.05, 4.69) is 9.97 Å². The molecule has 1 aromatic rings. The van der Waals surface area contributed by atoms with Gasteiger partial charge in [-0.2, -0.15) is 0 Å². The molecule has 0 bridgehead atoms. The molecular formula is C10H13N3O2. The lowest BCUT2D eigenvalue weighted by molar-refractivity contribution is -0.128. The molecule has 2 heterocycles. The fourth-order valence-corrected chi connectivity index (χ4v) is 1.74. The summed E-state index contributed by atoms with van der Waals surface area (Å²) in [6.45, 7) is 1.18. The summed E-state index contributed by atoms with van der Waals surface area (Å²) in [5.74, 6) is 0.161. The van der Waals surface area contributed by atoms with Crippen molar-refractivity contribution in [3.8, 4) is 0 Å². The number of likely N-dealkylation sites (tertiary alicyclic amines) is 1. The van der Waals surface area contributed by atoms with E-state index in [9.17, 15) is 4.79 Å². The quantitative estimate of drug-likeness (QED) is 0.746. The van der Waals surface area contributed by atoms with Crippen molar-refractivity contribution in [1.82, 2.24) is 14.9 Å². The normalized spacial score (nSPS) is 21.0. The molecule has 0 radical (unpaired) electrons. The van der Waals surface area contributed by atoms with E-state index in [1.165, 1.54) is 0 Å². The lowest BCUT2D eigenvalue weighted by Gasteiger charge is -2.15. The summed E-state index contributed by atoms with van der Waals surface area (Å²) in [5, 5.41) is 8.96. The van der Waals surface area contributed by atoms with E-state index in [-0.39, 0.29) is 18.4 Å². The molecule has 5 heteroatoms. The third-order valence-corrected chi connectivity index (χ3v) is 2.52. The predicted molar refractivity (Wildman–Crippen MR) is 52.6 cm³/mol. The van der Waals surface area contributed by atoms with Gasteiger partial charge in [0.25, 0.3) is 0 Å². The molecule has 5 nitrogen and oxygen atoms in total. The van der Waals surface area contributed by atoms with Crippen LogP contribution in [-0.4, -0.2) is 39.0 Å². The van der Waals surface area contributed by atoms with Crippen LogP contribution in [0.1, 0.15) is 12.1 Å². The standard InChI is InChI=1S/C10H13N3O2/c14-7-8-3-10(15)13(5-8)6-9-4-11-1-2-12-9/h1-2,4,8,14H,3,5-7H2. The first-order valence-electron chi connectivity index (χ1n) is 4.93. The molecule has 0 aromatic carbocycles. The van der Waals surface area contributed by atoms with E-state index >= 15 is 0 Å². The van der Waals surface area contributed by atoms with E-state index in [1.807, 2.05) is 0 Å². The number of carbonyl (C=O) groups is 1. The summed E-state index contributed by atoms with van der Waals surface area (Å²) in [7, 11) is 0. The molecule has 1 N–H and O–H groups in total. The molecular weight excluding hydrogens is 194 g/mol. The van der Waals surface area contributed by atoms with E-state index < -0.39 is 0 Å². The van der Waals surface area contributed by atoms with Gasteiger partial charge in [-0.3, -0.25) is 14.8 Å². The lowest BCUT2D eigenvalue weighted by Crippen LogP contribution is -2.25. The van der Waals surface area contributed by atoms with Gasteiger partial charge in [0.05, 0.1) is 18.4 Å². The molecule has 1 amide bonds. The number of hydrogen-bond donors (Lipinski definition) is 1. The van der Waals surface area contributed by atoms with Gasteiger partial charge in [0.15, 0.2) is 0 Å². The van der Waals surface area contributed by atoms with E-state index in [0.717, 1.165) is 5.69 Å². The number of nitrogens with zero attached hydrogens (tertiary/aromatic N) is 3. The number of aromatic nitrogens is 2. The van der Waals surface area contributed by atoms with Crippen molar-refractivity contribution in [2.45, 2.75) is 13.0 Å². The lowest BCUT2D eigenvalue weighted by atomic mass is 10.1. The molecule has 1 saturated heterocycles. The molecule has 2 rings (SSSR count). The Hall–Kier alpha value is -1.49. The summed E-state index contributed by atoms with van der Waals surface area (Å²) in [6, 6.07) is 0. The first kappa shape index (κ1) is 10.0. The smallest absolute Gasteiger partial charge is 0.223 e. The van der Waals surface area contributed by atoms with Gasteiger partial charge in [-0.25, -0.2) is 0 Å². The molecule has 0 saturated carbocycles. The van der Waals surface area contributed by atoms with Crippen LogP contribution in [0.2, 0.25) is 0 Å². The molecule has 80 valence electrons. The van der Waals surface area contributed by atoms with Crippen molar-refractivity contribution in [2.75, 3.05) is 13.2 Å². The summed E-state index contributed by atoms with van der Waals surface area (Å²) >= 11 is 0. The van der Waals surface area contributed by atoms with E-state index in [1.54, 1.807) is 23.5 Å². The Morgan fingerprint density at radius 2 is 2.40 bits per heavy atom. The second kappa shape index (κ2) is 4.35. The second-order valence-corrected chi connectivity index (χ2v) is 3.72. The molecule has 1 aliphatic heterocycles. The molecule has 1 unspecified atom stereocenters. The summed E-state index contributed by atoms with van der Waals surface area (Å²) in [4.78, 5) is 21.3. The number of aliphatic hydroxyl groups excluding tert-OH is 1. The highest BCUT2D eigenvalue weighted by atomic mass is 16.3. The summed E-state index contributed by atoms with van der Waals surface area (Å²) in [5.41, 5.74) is 0.782. The van der Waals surface area contributed by atoms with Crippen LogP contribution < -0.4 is 0 Å². The van der Waals surface area contributed by atoms with Gasteiger partial charge < -0.3 is 10.0 Å². The Kier molecular flexibility index (Phi) is 2.91. The summed E-state index contributed by atoms with van der Waals surface area (Å²) < 4.78 is 0. The Balaban J connectivity index is 1.99. The van der Waals surface area contributed by atoms with Gasteiger partial charge in [0.2, 0.25) is 5.91 Å². The zero-order chi connectivity index (χ0) is 10.7. The van der Waals surface area contributed by atoms with Crippen LogP contribution in [0.4, 0.5) is 0 Å². The number of rotatable bonds is 3. The van der Waals surface area contributed by atoms with Crippen LogP contribution in [0.15, 0.2) is 18.6 Å². The van der Waals surface area contributed by atoms with Crippen molar-refractivity contribution in [3.63, 3.8) is 0 Å². The monoisotopic (exact) mass is 207 g/mol. The van der Waals surface area contributed by atoms with Crippen molar-refractivity contribution < 1.29 is 9.90 Å². The van der Waals surface area contributed by atoms with Crippen LogP contribution in [-0.2, 0) is 11.3 Å². The maximum atomic E-state index is 11.5. The SMILES string of the molecule is O=C1CC(CO)CN1Cc1cnccn1. The van der Waals surface area contributed by atoms with Gasteiger partial charge in [0, 0.05) is 37.9 Å². The molecule has 0 aliphatic carbocycles. The number of hydrogen-bond acceptors (Lipinski definition) is 4. The van der Waals surface area contributed by atoms with Crippen LogP contribution in [0, 0.1) is 5.92 Å². The molecule has 0 spiro atoms. The topological polar surface area (TPSA) is 66.3 Å². The van der Waals surface area contributed by atoms with Crippen molar-refractivity contribution in [3.05, 3.63) is 24.3 Å². The molecule has 1 fully saturated rings. The Morgan fingerprint density at radius 3 is 3.00 bits per heavy atom. The van der Waals surface area contributed by atoms with Crippen molar-refractivity contribution in [1.29, 1.82) is 0 Å². The highest BCUT2D eigenvalue weighted by Gasteiger charge is 2.28. The molecule has 1 atom stereocenters. The Bertz CT molecular complexity index is 342. The van der Waals surface area contributed by atoms with Gasteiger partial charge in [-0.1, -0.05) is 0 Å². The minimum absolute atomic E-state index is 0.0721. The average molecular weight is 207 g/mol. The number of amides is 1. The fraction of sp³-hybridized carbons (Fsp3) is 0.500. The minimum atomic E-state index is 0.0721. The van der Waals surface area contributed by atoms with Gasteiger partial charge in [-0.05, 0) is 0 Å². The molecule has 1 aromatic heterocycles. The summed E-state index contributed by atoms with van der Waals surface area (Å²) in [6.07, 6.45) is 5.31. The second-order valence-electron chi connectivity index (χ2n) is 3.72. The van der Waals surface area contributed by atoms with Crippen LogP contribution in [0.3, 0.4) is 0 Å². The third-order valence-electron chi connectivity index (χ3n) is 2.52. The Morgan fingerprint density at radius 1 is 1.53 bits per heavy atom. The van der Waals surface area contributed by atoms with Crippen molar-refractivity contribution in [2.24, 2.45) is 5.92 Å².